The smallest absolute Gasteiger partial charge is 0.335 e. The van der Waals surface area contributed by atoms with Crippen LogP contribution < -0.4 is 4.74 Å². The van der Waals surface area contributed by atoms with Gasteiger partial charge in [0.05, 0.1) is 23.8 Å². The maximum Gasteiger partial charge on any atom is 0.335 e. The predicted molar refractivity (Wildman–Crippen MR) is 121 cm³/mol. The van der Waals surface area contributed by atoms with Crippen molar-refractivity contribution >= 4 is 16.9 Å². The van der Waals surface area contributed by atoms with Gasteiger partial charge in [-0.3, -0.25) is 9.67 Å². The Morgan fingerprint density at radius 3 is 2.25 bits per heavy atom. The number of aromatic nitrogens is 3. The topological polar surface area (TPSA) is 100 Å². The molecule has 7 nitrogen and oxygen atoms in total. The van der Waals surface area contributed by atoms with Gasteiger partial charge in [-0.25, -0.2) is 4.79 Å². The van der Waals surface area contributed by atoms with E-state index in [0.29, 0.717) is 16.9 Å². The quantitative estimate of drug-likeness (QED) is 0.364. The van der Waals surface area contributed by atoms with E-state index in [2.05, 4.69) is 10.2 Å². The molecule has 0 unspecified atom stereocenters. The molecule has 0 bridgehead atoms. The molecule has 0 fully saturated rings. The van der Waals surface area contributed by atoms with E-state index in [1.165, 1.54) is 12.1 Å². The van der Waals surface area contributed by atoms with E-state index in [4.69, 9.17) is 4.74 Å². The number of aromatic amines is 1. The molecular weight excluding hydrogens is 406 g/mol. The van der Waals surface area contributed by atoms with E-state index >= 15 is 0 Å². The highest BCUT2D eigenvalue weighted by Crippen LogP contribution is 2.43. The standard InChI is InChI=1S/C25H19N3O4/c1-32-19-13-9-15(10-14-19)21-20-22(27-26-21)24(29)28(23(20)16-5-3-2-4-6-16)18-11-7-17(8-12-18)25(30)31/h2-14,27,29H,1H3,(H,30,31). The maximum atomic E-state index is 11.3. The third-order valence-electron chi connectivity index (χ3n) is 5.45. The summed E-state index contributed by atoms with van der Waals surface area (Å²) in [5.74, 6) is -0.272. The number of nitrogens with one attached hydrogen (secondary N) is 1. The number of benzene rings is 3. The summed E-state index contributed by atoms with van der Waals surface area (Å²) in [7, 11) is 1.61. The van der Waals surface area contributed by atoms with Gasteiger partial charge >= 0.3 is 5.97 Å². The van der Waals surface area contributed by atoms with Crippen LogP contribution in [0.2, 0.25) is 0 Å². The van der Waals surface area contributed by atoms with Crippen LogP contribution in [0.3, 0.4) is 0 Å². The van der Waals surface area contributed by atoms with Crippen molar-refractivity contribution in [1.29, 1.82) is 0 Å². The van der Waals surface area contributed by atoms with Crippen LogP contribution in [0.15, 0.2) is 78.9 Å². The lowest BCUT2D eigenvalue weighted by Crippen LogP contribution is -2.00. The first-order valence-corrected chi connectivity index (χ1v) is 9.94. The number of fused-ring (bicyclic) bond motifs is 1. The Bertz CT molecular complexity index is 1420. The molecule has 0 aliphatic heterocycles. The Kier molecular flexibility index (Phi) is 4.63. The Balaban J connectivity index is 1.80. The summed E-state index contributed by atoms with van der Waals surface area (Å²) in [5, 5.41) is 28.6. The van der Waals surface area contributed by atoms with Gasteiger partial charge in [0.1, 0.15) is 17.0 Å². The van der Waals surface area contributed by atoms with Gasteiger partial charge in [0.2, 0.25) is 5.88 Å². The molecule has 2 heterocycles. The summed E-state index contributed by atoms with van der Waals surface area (Å²) in [6.07, 6.45) is 0. The number of nitrogens with zero attached hydrogens (tertiary/aromatic N) is 2. The molecule has 5 rings (SSSR count). The van der Waals surface area contributed by atoms with Crippen molar-refractivity contribution in [2.24, 2.45) is 0 Å². The van der Waals surface area contributed by atoms with Gasteiger partial charge in [-0.15, -0.1) is 0 Å². The number of aromatic carboxylic acids is 1. The fourth-order valence-electron chi connectivity index (χ4n) is 3.90. The van der Waals surface area contributed by atoms with Crippen molar-refractivity contribution in [2.75, 3.05) is 7.11 Å². The summed E-state index contributed by atoms with van der Waals surface area (Å²) in [6, 6.07) is 23.6. The van der Waals surface area contributed by atoms with Crippen molar-refractivity contribution in [3.05, 3.63) is 84.4 Å². The maximum absolute atomic E-state index is 11.3. The lowest BCUT2D eigenvalue weighted by Gasteiger charge is -2.12. The molecule has 3 aromatic carbocycles. The highest BCUT2D eigenvalue weighted by atomic mass is 16.5. The van der Waals surface area contributed by atoms with Gasteiger partial charge in [0.25, 0.3) is 0 Å². The van der Waals surface area contributed by atoms with E-state index in [9.17, 15) is 15.0 Å². The van der Waals surface area contributed by atoms with Crippen LogP contribution in [-0.4, -0.2) is 38.1 Å². The lowest BCUT2D eigenvalue weighted by molar-refractivity contribution is 0.0697. The third-order valence-corrected chi connectivity index (χ3v) is 5.45. The predicted octanol–water partition coefficient (Wildman–Crippen LogP) is 5.10. The van der Waals surface area contributed by atoms with Crippen molar-refractivity contribution in [3.8, 4) is 39.8 Å². The number of carboxylic acids is 1. The van der Waals surface area contributed by atoms with E-state index in [0.717, 1.165) is 28.0 Å². The van der Waals surface area contributed by atoms with E-state index < -0.39 is 5.97 Å². The van der Waals surface area contributed by atoms with Crippen molar-refractivity contribution < 1.29 is 19.7 Å². The fourth-order valence-corrected chi connectivity index (χ4v) is 3.90. The second-order valence-corrected chi connectivity index (χ2v) is 7.28. The zero-order valence-corrected chi connectivity index (χ0v) is 17.1. The normalized spacial score (nSPS) is 11.0. The fraction of sp³-hybridized carbons (Fsp3) is 0.0400. The second kappa shape index (κ2) is 7.63. The molecule has 2 aromatic heterocycles. The first kappa shape index (κ1) is 19.4. The Morgan fingerprint density at radius 1 is 0.938 bits per heavy atom. The second-order valence-electron chi connectivity index (χ2n) is 7.28. The summed E-state index contributed by atoms with van der Waals surface area (Å²) in [5.41, 5.74) is 4.50. The highest BCUT2D eigenvalue weighted by Gasteiger charge is 2.25. The number of ether oxygens (including phenoxy) is 1. The number of methoxy groups -OCH3 is 1. The SMILES string of the molecule is COc1ccc(-c2n[nH]c3c(O)n(-c4ccc(C(=O)O)cc4)c(-c4ccccc4)c23)cc1. The number of hydrogen-bond donors (Lipinski definition) is 3. The first-order valence-electron chi connectivity index (χ1n) is 9.94. The van der Waals surface area contributed by atoms with Crippen molar-refractivity contribution in [1.82, 2.24) is 14.8 Å². The minimum atomic E-state index is -1.00. The van der Waals surface area contributed by atoms with E-state index in [1.807, 2.05) is 54.6 Å². The molecule has 3 N–H and O–H groups in total. The van der Waals surface area contributed by atoms with Gasteiger partial charge in [0.15, 0.2) is 0 Å². The van der Waals surface area contributed by atoms with Crippen LogP contribution in [0.4, 0.5) is 0 Å². The van der Waals surface area contributed by atoms with Crippen LogP contribution in [0.5, 0.6) is 11.6 Å². The van der Waals surface area contributed by atoms with Crippen molar-refractivity contribution in [3.63, 3.8) is 0 Å². The molecule has 0 amide bonds. The molecule has 5 aromatic rings. The van der Waals surface area contributed by atoms with Crippen LogP contribution in [0.1, 0.15) is 10.4 Å². The molecule has 0 aliphatic rings. The zero-order chi connectivity index (χ0) is 22.2. The summed E-state index contributed by atoms with van der Waals surface area (Å²) >= 11 is 0. The molecule has 0 radical (unpaired) electrons. The minimum Gasteiger partial charge on any atom is -0.497 e. The number of carbonyl (C=O) groups is 1. The minimum absolute atomic E-state index is 0.00538. The largest absolute Gasteiger partial charge is 0.497 e. The lowest BCUT2D eigenvalue weighted by atomic mass is 10.0. The molecule has 0 saturated carbocycles. The Morgan fingerprint density at radius 2 is 1.62 bits per heavy atom. The number of hydrogen-bond acceptors (Lipinski definition) is 4. The summed E-state index contributed by atoms with van der Waals surface area (Å²) < 4.78 is 6.97. The van der Waals surface area contributed by atoms with Crippen LogP contribution in [0.25, 0.3) is 39.1 Å². The summed E-state index contributed by atoms with van der Waals surface area (Å²) in [4.78, 5) is 11.3. The van der Waals surface area contributed by atoms with E-state index in [-0.39, 0.29) is 11.4 Å². The Labute approximate surface area is 183 Å². The number of rotatable bonds is 5. The van der Waals surface area contributed by atoms with Gasteiger partial charge in [-0.1, -0.05) is 30.3 Å². The number of aromatic hydroxyl groups is 1. The monoisotopic (exact) mass is 425 g/mol. The van der Waals surface area contributed by atoms with Crippen LogP contribution in [-0.2, 0) is 0 Å². The molecule has 0 spiro atoms. The molecule has 158 valence electrons. The van der Waals surface area contributed by atoms with Gasteiger partial charge < -0.3 is 14.9 Å². The van der Waals surface area contributed by atoms with Gasteiger partial charge in [0, 0.05) is 11.3 Å². The highest BCUT2D eigenvalue weighted by molar-refractivity contribution is 6.07. The average Bonchev–Trinajstić information content (AvgIpc) is 3.38. The third kappa shape index (κ3) is 3.07. The van der Waals surface area contributed by atoms with Gasteiger partial charge in [-0.2, -0.15) is 5.10 Å². The van der Waals surface area contributed by atoms with Crippen molar-refractivity contribution in [2.45, 2.75) is 0 Å². The zero-order valence-electron chi connectivity index (χ0n) is 17.1. The van der Waals surface area contributed by atoms with Crippen LogP contribution >= 0.6 is 0 Å². The molecule has 0 aliphatic carbocycles. The summed E-state index contributed by atoms with van der Waals surface area (Å²) in [6.45, 7) is 0. The Hall–Kier alpha value is -4.52. The van der Waals surface area contributed by atoms with Crippen LogP contribution in [0, 0.1) is 0 Å². The molecule has 0 saturated heterocycles. The first-order chi connectivity index (χ1) is 15.6. The number of H-pyrrole nitrogens is 1. The average molecular weight is 425 g/mol. The molecule has 32 heavy (non-hydrogen) atoms. The van der Waals surface area contributed by atoms with Gasteiger partial charge in [-0.05, 0) is 54.1 Å². The van der Waals surface area contributed by atoms with E-state index in [1.54, 1.807) is 23.8 Å². The molecular formula is C25H19N3O4. The number of carboxylic acid groups (broad SMARTS) is 1. The molecule has 7 heteroatoms. The molecule has 0 atom stereocenters.